The van der Waals surface area contributed by atoms with Gasteiger partial charge in [-0.3, -0.25) is 14.9 Å². The third-order valence-electron chi connectivity index (χ3n) is 4.41. The zero-order chi connectivity index (χ0) is 16.9. The van der Waals surface area contributed by atoms with Crippen LogP contribution in [0.2, 0.25) is 0 Å². The van der Waals surface area contributed by atoms with Crippen molar-refractivity contribution < 1.29 is 4.74 Å². The Balaban J connectivity index is 1.58. The second-order valence-electron chi connectivity index (χ2n) is 6.67. The lowest BCUT2D eigenvalue weighted by Gasteiger charge is -2.23. The maximum absolute atomic E-state index is 6.19. The van der Waals surface area contributed by atoms with Crippen LogP contribution in [0.15, 0.2) is 42.7 Å². The second kappa shape index (κ2) is 7.73. The summed E-state index contributed by atoms with van der Waals surface area (Å²) in [5, 5.41) is 0. The number of aromatic nitrogens is 2. The summed E-state index contributed by atoms with van der Waals surface area (Å²) in [5.41, 5.74) is 2.16. The van der Waals surface area contributed by atoms with Gasteiger partial charge in [-0.2, -0.15) is 0 Å². The van der Waals surface area contributed by atoms with E-state index in [1.807, 2.05) is 50.8 Å². The minimum absolute atomic E-state index is 0.228. The molecule has 0 spiro atoms. The molecular formula is C19H26N4O. The second-order valence-corrected chi connectivity index (χ2v) is 6.67. The van der Waals surface area contributed by atoms with Gasteiger partial charge in [0, 0.05) is 44.1 Å². The summed E-state index contributed by atoms with van der Waals surface area (Å²) in [4.78, 5) is 13.4. The van der Waals surface area contributed by atoms with Crippen molar-refractivity contribution in [2.45, 2.75) is 32.0 Å². The molecule has 0 bridgehead atoms. The minimum Gasteiger partial charge on any atom is -0.489 e. The Morgan fingerprint density at radius 1 is 1.25 bits per heavy atom. The molecule has 2 unspecified atom stereocenters. The molecule has 1 aliphatic rings. The van der Waals surface area contributed by atoms with Gasteiger partial charge in [-0.15, -0.1) is 0 Å². The monoisotopic (exact) mass is 326 g/mol. The molecule has 1 fully saturated rings. The van der Waals surface area contributed by atoms with Crippen LogP contribution in [0.1, 0.15) is 30.8 Å². The number of nitrogens with zero attached hydrogens (tertiary/aromatic N) is 4. The van der Waals surface area contributed by atoms with Crippen molar-refractivity contribution in [1.82, 2.24) is 19.8 Å². The fourth-order valence-electron chi connectivity index (χ4n) is 3.14. The molecule has 5 heteroatoms. The standard InChI is InChI=1S/C19H26N4O/c1-15(19-6-4-5-9-21-19)23-11-8-18(14-23)24-17-7-10-20-16(12-17)13-22(2)3/h4-7,9-10,12,15,18H,8,11,13-14H2,1-3H3. The van der Waals surface area contributed by atoms with E-state index in [0.717, 1.165) is 43.2 Å². The summed E-state index contributed by atoms with van der Waals surface area (Å²) in [6.45, 7) is 5.01. The molecule has 1 aliphatic heterocycles. The van der Waals surface area contributed by atoms with Gasteiger partial charge in [0.05, 0.1) is 11.4 Å². The highest BCUT2D eigenvalue weighted by Gasteiger charge is 2.28. The van der Waals surface area contributed by atoms with Crippen LogP contribution in [0.4, 0.5) is 0 Å². The molecule has 128 valence electrons. The van der Waals surface area contributed by atoms with E-state index in [4.69, 9.17) is 4.74 Å². The molecule has 2 aromatic rings. The fraction of sp³-hybridized carbons (Fsp3) is 0.474. The van der Waals surface area contributed by atoms with Crippen molar-refractivity contribution in [2.24, 2.45) is 0 Å². The summed E-state index contributed by atoms with van der Waals surface area (Å²) in [7, 11) is 4.09. The highest BCUT2D eigenvalue weighted by Crippen LogP contribution is 2.25. The van der Waals surface area contributed by atoms with E-state index >= 15 is 0 Å². The summed E-state index contributed by atoms with van der Waals surface area (Å²) in [6, 6.07) is 10.4. The van der Waals surface area contributed by atoms with Crippen LogP contribution >= 0.6 is 0 Å². The zero-order valence-corrected chi connectivity index (χ0v) is 14.7. The number of ether oxygens (including phenoxy) is 1. The Hall–Kier alpha value is -1.98. The highest BCUT2D eigenvalue weighted by molar-refractivity contribution is 5.23. The maximum Gasteiger partial charge on any atom is 0.123 e. The maximum atomic E-state index is 6.19. The lowest BCUT2D eigenvalue weighted by atomic mass is 10.2. The van der Waals surface area contributed by atoms with Gasteiger partial charge >= 0.3 is 0 Å². The molecule has 2 atom stereocenters. The van der Waals surface area contributed by atoms with Crippen molar-refractivity contribution in [2.75, 3.05) is 27.2 Å². The van der Waals surface area contributed by atoms with Crippen LogP contribution in [0, 0.1) is 0 Å². The molecule has 0 radical (unpaired) electrons. The topological polar surface area (TPSA) is 41.5 Å². The van der Waals surface area contributed by atoms with Gasteiger partial charge in [0.25, 0.3) is 0 Å². The Morgan fingerprint density at radius 2 is 2.12 bits per heavy atom. The molecule has 1 saturated heterocycles. The Morgan fingerprint density at radius 3 is 2.88 bits per heavy atom. The van der Waals surface area contributed by atoms with E-state index in [1.54, 1.807) is 0 Å². The lowest BCUT2D eigenvalue weighted by Crippen LogP contribution is -2.28. The Kier molecular flexibility index (Phi) is 5.43. The number of hydrogen-bond acceptors (Lipinski definition) is 5. The zero-order valence-electron chi connectivity index (χ0n) is 14.7. The van der Waals surface area contributed by atoms with Gasteiger partial charge in [0.15, 0.2) is 0 Å². The normalized spacial score (nSPS) is 19.6. The fourth-order valence-corrected chi connectivity index (χ4v) is 3.14. The van der Waals surface area contributed by atoms with Gasteiger partial charge < -0.3 is 9.64 Å². The van der Waals surface area contributed by atoms with Crippen LogP contribution in [-0.2, 0) is 6.54 Å². The van der Waals surface area contributed by atoms with Crippen molar-refractivity contribution in [1.29, 1.82) is 0 Å². The number of hydrogen-bond donors (Lipinski definition) is 0. The predicted octanol–water partition coefficient (Wildman–Crippen LogP) is 2.75. The molecule has 0 aliphatic carbocycles. The van der Waals surface area contributed by atoms with E-state index in [-0.39, 0.29) is 6.10 Å². The molecule has 2 aromatic heterocycles. The number of rotatable bonds is 6. The first-order valence-corrected chi connectivity index (χ1v) is 8.53. The lowest BCUT2D eigenvalue weighted by molar-refractivity contribution is 0.181. The van der Waals surface area contributed by atoms with E-state index in [0.29, 0.717) is 6.04 Å². The smallest absolute Gasteiger partial charge is 0.123 e. The number of pyridine rings is 2. The van der Waals surface area contributed by atoms with Crippen LogP contribution in [0.25, 0.3) is 0 Å². The quantitative estimate of drug-likeness (QED) is 0.816. The average molecular weight is 326 g/mol. The van der Waals surface area contributed by atoms with Crippen molar-refractivity contribution in [3.8, 4) is 5.75 Å². The van der Waals surface area contributed by atoms with E-state index in [9.17, 15) is 0 Å². The van der Waals surface area contributed by atoms with Gasteiger partial charge in [-0.25, -0.2) is 0 Å². The van der Waals surface area contributed by atoms with Crippen LogP contribution < -0.4 is 4.74 Å². The average Bonchev–Trinajstić information content (AvgIpc) is 3.03. The molecule has 0 saturated carbocycles. The first-order valence-electron chi connectivity index (χ1n) is 8.53. The molecule has 3 heterocycles. The SMILES string of the molecule is CC(c1ccccn1)N1CCC(Oc2ccnc(CN(C)C)c2)C1. The van der Waals surface area contributed by atoms with E-state index in [2.05, 4.69) is 32.8 Å². The largest absolute Gasteiger partial charge is 0.489 e. The van der Waals surface area contributed by atoms with E-state index in [1.165, 1.54) is 0 Å². The van der Waals surface area contributed by atoms with Gasteiger partial charge in [-0.05, 0) is 45.6 Å². The van der Waals surface area contributed by atoms with Gasteiger partial charge in [-0.1, -0.05) is 6.07 Å². The van der Waals surface area contributed by atoms with Gasteiger partial charge in [0.1, 0.15) is 11.9 Å². The third-order valence-corrected chi connectivity index (χ3v) is 4.41. The summed E-state index contributed by atoms with van der Waals surface area (Å²) >= 11 is 0. The van der Waals surface area contributed by atoms with Crippen molar-refractivity contribution >= 4 is 0 Å². The van der Waals surface area contributed by atoms with Crippen LogP contribution in [0.5, 0.6) is 5.75 Å². The van der Waals surface area contributed by atoms with E-state index < -0.39 is 0 Å². The minimum atomic E-state index is 0.228. The van der Waals surface area contributed by atoms with Crippen LogP contribution in [0.3, 0.4) is 0 Å². The number of likely N-dealkylation sites (tertiary alicyclic amines) is 1. The molecule has 0 amide bonds. The van der Waals surface area contributed by atoms with Crippen molar-refractivity contribution in [3.63, 3.8) is 0 Å². The summed E-state index contributed by atoms with van der Waals surface area (Å²) < 4.78 is 6.19. The Bertz CT molecular complexity index is 647. The molecule has 0 aromatic carbocycles. The Labute approximate surface area is 144 Å². The molecule has 3 rings (SSSR count). The van der Waals surface area contributed by atoms with Crippen molar-refractivity contribution in [3.05, 3.63) is 54.1 Å². The van der Waals surface area contributed by atoms with Crippen LogP contribution in [-0.4, -0.2) is 53.1 Å². The summed E-state index contributed by atoms with van der Waals surface area (Å²) in [5.74, 6) is 0.916. The molecule has 5 nitrogen and oxygen atoms in total. The first-order chi connectivity index (χ1) is 11.6. The predicted molar refractivity (Wildman–Crippen MR) is 94.9 cm³/mol. The molecule has 0 N–H and O–H groups in total. The molecule has 24 heavy (non-hydrogen) atoms. The summed E-state index contributed by atoms with van der Waals surface area (Å²) in [6.07, 6.45) is 4.96. The molecular weight excluding hydrogens is 300 g/mol. The highest BCUT2D eigenvalue weighted by atomic mass is 16.5. The third kappa shape index (κ3) is 4.30. The first kappa shape index (κ1) is 16.9. The van der Waals surface area contributed by atoms with Gasteiger partial charge in [0.2, 0.25) is 0 Å².